The van der Waals surface area contributed by atoms with Crippen LogP contribution < -0.4 is 0 Å². The fraction of sp³-hybridized carbons (Fsp3) is 0.0909. The van der Waals surface area contributed by atoms with Gasteiger partial charge >= 0.3 is 0 Å². The van der Waals surface area contributed by atoms with Gasteiger partial charge in [0.1, 0.15) is 0 Å². The third kappa shape index (κ3) is 3.39. The van der Waals surface area contributed by atoms with Crippen molar-refractivity contribution in [2.45, 2.75) is 19.3 Å². The topological polar surface area (TPSA) is 34.1 Å². The first-order chi connectivity index (χ1) is 17.4. The summed E-state index contributed by atoms with van der Waals surface area (Å²) in [5.41, 5.74) is 6.01. The number of fused-ring (bicyclic) bond motifs is 5. The maximum Gasteiger partial charge on any atom is 0.197 e. The number of rotatable bonds is 4. The molecule has 0 atom stereocenters. The highest BCUT2D eigenvalue weighted by Crippen LogP contribution is 2.53. The highest BCUT2D eigenvalue weighted by Gasteiger charge is 2.38. The molecule has 0 amide bonds. The van der Waals surface area contributed by atoms with E-state index in [0.717, 1.165) is 21.2 Å². The molecule has 6 rings (SSSR count). The molecule has 174 valence electrons. The van der Waals surface area contributed by atoms with E-state index in [1.807, 2.05) is 54.6 Å². The SMILES string of the molecule is C=C/C=C\C=C/c1ccc2c(c1)C(C)(C)c1cc(C=C3C(=O)c4cc5ccccc5cc4C3=O)sc1-2. The van der Waals surface area contributed by atoms with E-state index in [9.17, 15) is 9.59 Å². The molecule has 2 aliphatic rings. The first kappa shape index (κ1) is 22.4. The molecule has 2 aliphatic carbocycles. The lowest BCUT2D eigenvalue weighted by Gasteiger charge is -2.21. The summed E-state index contributed by atoms with van der Waals surface area (Å²) in [7, 11) is 0. The lowest BCUT2D eigenvalue weighted by atomic mass is 9.82. The minimum Gasteiger partial charge on any atom is -0.288 e. The number of ketones is 2. The third-order valence-electron chi connectivity index (χ3n) is 7.18. The van der Waals surface area contributed by atoms with E-state index in [1.165, 1.54) is 21.6 Å². The number of hydrogen-bond acceptors (Lipinski definition) is 3. The standard InChI is InChI=1S/C33H24O2S/c1-4-5-6-7-10-20-13-14-24-28(15-20)33(2,3)29-19-23(36-32(24)29)18-27-30(34)25-16-21-11-8-9-12-22(21)17-26(25)31(27)35/h4-19H,1H2,2-3H3/b6-5-,10-7-. The average Bonchev–Trinajstić information content (AvgIpc) is 3.47. The fourth-order valence-electron chi connectivity index (χ4n) is 5.26. The van der Waals surface area contributed by atoms with E-state index in [-0.39, 0.29) is 22.6 Å². The van der Waals surface area contributed by atoms with Crippen molar-refractivity contribution >= 4 is 45.8 Å². The molecular formula is C33H24O2S. The Kier molecular flexibility index (Phi) is 5.13. The molecule has 3 heteroatoms. The molecule has 4 aromatic rings. The Morgan fingerprint density at radius 3 is 2.14 bits per heavy atom. The van der Waals surface area contributed by atoms with Gasteiger partial charge in [0.05, 0.1) is 5.57 Å². The van der Waals surface area contributed by atoms with Crippen molar-refractivity contribution < 1.29 is 9.59 Å². The van der Waals surface area contributed by atoms with Gasteiger partial charge in [-0.25, -0.2) is 0 Å². The molecule has 1 aromatic heterocycles. The van der Waals surface area contributed by atoms with Crippen LogP contribution in [0.1, 0.15) is 56.1 Å². The number of thiophene rings is 1. The van der Waals surface area contributed by atoms with Crippen molar-refractivity contribution in [2.24, 2.45) is 0 Å². The van der Waals surface area contributed by atoms with Crippen LogP contribution in [-0.4, -0.2) is 11.6 Å². The van der Waals surface area contributed by atoms with Crippen molar-refractivity contribution in [1.82, 2.24) is 0 Å². The second kappa shape index (κ2) is 8.25. The van der Waals surface area contributed by atoms with Gasteiger partial charge in [-0.3, -0.25) is 9.59 Å². The summed E-state index contributed by atoms with van der Waals surface area (Å²) in [6, 6.07) is 20.2. The largest absolute Gasteiger partial charge is 0.288 e. The summed E-state index contributed by atoms with van der Waals surface area (Å²) in [6.45, 7) is 8.17. The smallest absolute Gasteiger partial charge is 0.197 e. The second-order valence-electron chi connectivity index (χ2n) is 9.76. The van der Waals surface area contributed by atoms with Crippen LogP contribution in [0.2, 0.25) is 0 Å². The Bertz CT molecular complexity index is 1650. The molecule has 2 nitrogen and oxygen atoms in total. The van der Waals surface area contributed by atoms with Crippen molar-refractivity contribution in [3.05, 3.63) is 130 Å². The average molecular weight is 485 g/mol. The highest BCUT2D eigenvalue weighted by atomic mass is 32.1. The van der Waals surface area contributed by atoms with Gasteiger partial charge in [-0.2, -0.15) is 0 Å². The molecule has 0 radical (unpaired) electrons. The van der Waals surface area contributed by atoms with E-state index in [2.05, 4.69) is 50.8 Å². The molecule has 0 saturated heterocycles. The fourth-order valence-corrected chi connectivity index (χ4v) is 6.56. The zero-order chi connectivity index (χ0) is 25.0. The van der Waals surface area contributed by atoms with Gasteiger partial charge in [0.2, 0.25) is 0 Å². The van der Waals surface area contributed by atoms with Crippen LogP contribution in [0.5, 0.6) is 0 Å². The summed E-state index contributed by atoms with van der Waals surface area (Å²) in [4.78, 5) is 28.6. The predicted molar refractivity (Wildman–Crippen MR) is 151 cm³/mol. The summed E-state index contributed by atoms with van der Waals surface area (Å²) >= 11 is 1.65. The summed E-state index contributed by atoms with van der Waals surface area (Å²) in [5.74, 6) is -0.369. The van der Waals surface area contributed by atoms with Gasteiger partial charge in [-0.15, -0.1) is 11.3 Å². The monoisotopic (exact) mass is 484 g/mol. The van der Waals surface area contributed by atoms with Crippen LogP contribution >= 0.6 is 11.3 Å². The number of hydrogen-bond donors (Lipinski definition) is 0. The number of Topliss-reactive ketones (excluding diaryl/α,β-unsaturated/α-hetero) is 2. The van der Waals surface area contributed by atoms with Gasteiger partial charge in [-0.05, 0) is 57.3 Å². The quantitative estimate of drug-likeness (QED) is 0.165. The Labute approximate surface area is 214 Å². The number of carbonyl (C=O) groups is 2. The molecule has 3 aromatic carbocycles. The van der Waals surface area contributed by atoms with Crippen molar-refractivity contribution in [1.29, 1.82) is 0 Å². The molecule has 0 unspecified atom stereocenters. The Hall–Kier alpha value is -4.08. The maximum atomic E-state index is 13.2. The van der Waals surface area contributed by atoms with E-state index in [0.29, 0.717) is 11.1 Å². The normalized spacial score (nSPS) is 15.7. The number of carbonyl (C=O) groups excluding carboxylic acids is 2. The van der Waals surface area contributed by atoms with Gasteiger partial charge in [-0.1, -0.05) is 93.3 Å². The zero-order valence-corrected chi connectivity index (χ0v) is 21.0. The van der Waals surface area contributed by atoms with Crippen LogP contribution in [0.4, 0.5) is 0 Å². The lowest BCUT2D eigenvalue weighted by Crippen LogP contribution is -2.14. The summed E-state index contributed by atoms with van der Waals surface area (Å²) in [5, 5.41) is 1.94. The molecular weight excluding hydrogens is 460 g/mol. The number of allylic oxidation sites excluding steroid dienone is 5. The van der Waals surface area contributed by atoms with Crippen LogP contribution in [0.25, 0.3) is 33.4 Å². The predicted octanol–water partition coefficient (Wildman–Crippen LogP) is 8.43. The molecule has 0 aliphatic heterocycles. The Morgan fingerprint density at radius 2 is 1.47 bits per heavy atom. The van der Waals surface area contributed by atoms with E-state index >= 15 is 0 Å². The minimum atomic E-state index is -0.184. The van der Waals surface area contributed by atoms with Crippen LogP contribution in [-0.2, 0) is 5.41 Å². The number of benzene rings is 3. The first-order valence-electron chi connectivity index (χ1n) is 12.0. The van der Waals surface area contributed by atoms with Gasteiger partial charge in [0, 0.05) is 26.3 Å². The Morgan fingerprint density at radius 1 is 0.778 bits per heavy atom. The maximum absolute atomic E-state index is 13.2. The zero-order valence-electron chi connectivity index (χ0n) is 20.2. The highest BCUT2D eigenvalue weighted by molar-refractivity contribution is 7.16. The molecule has 0 saturated carbocycles. The summed E-state index contributed by atoms with van der Waals surface area (Å²) < 4.78 is 0. The first-order valence-corrected chi connectivity index (χ1v) is 12.8. The molecule has 0 fully saturated rings. The molecule has 36 heavy (non-hydrogen) atoms. The minimum absolute atomic E-state index is 0.164. The van der Waals surface area contributed by atoms with Crippen molar-refractivity contribution in [3.8, 4) is 10.4 Å². The van der Waals surface area contributed by atoms with Gasteiger partial charge < -0.3 is 0 Å². The molecule has 0 N–H and O–H groups in total. The van der Waals surface area contributed by atoms with E-state index in [1.54, 1.807) is 23.5 Å². The third-order valence-corrected chi connectivity index (χ3v) is 8.30. The van der Waals surface area contributed by atoms with E-state index < -0.39 is 0 Å². The molecule has 0 bridgehead atoms. The van der Waals surface area contributed by atoms with Crippen molar-refractivity contribution in [3.63, 3.8) is 0 Å². The second-order valence-corrected chi connectivity index (χ2v) is 10.8. The van der Waals surface area contributed by atoms with Crippen LogP contribution in [0, 0.1) is 0 Å². The molecule has 0 spiro atoms. The molecule has 1 heterocycles. The van der Waals surface area contributed by atoms with Gasteiger partial charge in [0.25, 0.3) is 0 Å². The van der Waals surface area contributed by atoms with Crippen LogP contribution in [0.3, 0.4) is 0 Å². The summed E-state index contributed by atoms with van der Waals surface area (Å²) in [6.07, 6.45) is 11.5. The van der Waals surface area contributed by atoms with Gasteiger partial charge in [0.15, 0.2) is 11.6 Å². The van der Waals surface area contributed by atoms with E-state index in [4.69, 9.17) is 0 Å². The van der Waals surface area contributed by atoms with Crippen molar-refractivity contribution in [2.75, 3.05) is 0 Å². The van der Waals surface area contributed by atoms with Crippen LogP contribution in [0.15, 0.2) is 97.1 Å². The Balaban J connectivity index is 1.37. The lowest BCUT2D eigenvalue weighted by molar-refractivity contribution is 0.0990.